The molecule has 0 amide bonds. The summed E-state index contributed by atoms with van der Waals surface area (Å²) in [5.41, 5.74) is 3.40. The minimum Gasteiger partial charge on any atom is -0.482 e. The van der Waals surface area contributed by atoms with Crippen LogP contribution in [-0.2, 0) is 38.5 Å². The molecule has 2 aromatic carbocycles. The third-order valence-corrected chi connectivity index (χ3v) is 8.37. The lowest BCUT2D eigenvalue weighted by atomic mass is 9.73. The molecule has 1 unspecified atom stereocenters. The van der Waals surface area contributed by atoms with Gasteiger partial charge in [-0.15, -0.1) is 0 Å². The standard InChI is InChI=1S/C31H38O6/c1-2-3-5-12-24-14-15-25-26-16-22-11-8-13-28(27(22)17-23(26)18-29(25)37-31(33)36-24)34-20-30(32)35-19-21-9-6-4-7-10-21/h4,6-11,13,23-26,29H,2-3,5,12,14-20H2,1H3/t23-,24?,25+,26-,29+/m0/s1. The zero-order valence-electron chi connectivity index (χ0n) is 21.7. The minimum absolute atomic E-state index is 0.0309. The number of carbonyl (C=O) groups is 2. The quantitative estimate of drug-likeness (QED) is 0.289. The maximum Gasteiger partial charge on any atom is 0.508 e. The van der Waals surface area contributed by atoms with Gasteiger partial charge in [0.1, 0.15) is 24.6 Å². The third kappa shape index (κ3) is 6.28. The highest BCUT2D eigenvalue weighted by Crippen LogP contribution is 2.50. The van der Waals surface area contributed by atoms with Gasteiger partial charge in [-0.2, -0.15) is 0 Å². The highest BCUT2D eigenvalue weighted by molar-refractivity contribution is 5.71. The van der Waals surface area contributed by atoms with Crippen LogP contribution in [0.4, 0.5) is 4.79 Å². The van der Waals surface area contributed by atoms with Crippen LogP contribution in [0.2, 0.25) is 0 Å². The number of esters is 1. The average molecular weight is 507 g/mol. The van der Waals surface area contributed by atoms with Gasteiger partial charge in [-0.05, 0) is 85.5 Å². The van der Waals surface area contributed by atoms with Gasteiger partial charge >= 0.3 is 12.1 Å². The molecule has 1 saturated carbocycles. The topological polar surface area (TPSA) is 71.1 Å². The molecular weight excluding hydrogens is 468 g/mol. The van der Waals surface area contributed by atoms with Crippen LogP contribution in [0.25, 0.3) is 0 Å². The van der Waals surface area contributed by atoms with Crippen molar-refractivity contribution in [3.8, 4) is 5.75 Å². The molecule has 5 atom stereocenters. The number of unbranched alkanes of at least 4 members (excludes halogenated alkanes) is 2. The molecule has 2 aromatic rings. The van der Waals surface area contributed by atoms with Crippen LogP contribution >= 0.6 is 0 Å². The van der Waals surface area contributed by atoms with E-state index in [2.05, 4.69) is 13.0 Å². The van der Waals surface area contributed by atoms with Crippen LogP contribution < -0.4 is 4.74 Å². The summed E-state index contributed by atoms with van der Waals surface area (Å²) in [7, 11) is 0. The first-order valence-corrected chi connectivity index (χ1v) is 13.9. The lowest BCUT2D eigenvalue weighted by molar-refractivity contribution is -0.147. The number of rotatable bonds is 9. The van der Waals surface area contributed by atoms with Crippen LogP contribution in [0, 0.1) is 17.8 Å². The Bertz CT molecular complexity index is 1070. The number of benzene rings is 2. The number of fused-ring (bicyclic) bond motifs is 4. The largest absolute Gasteiger partial charge is 0.508 e. The van der Waals surface area contributed by atoms with E-state index in [-0.39, 0.29) is 31.4 Å². The van der Waals surface area contributed by atoms with Crippen LogP contribution in [0.3, 0.4) is 0 Å². The predicted octanol–water partition coefficient (Wildman–Crippen LogP) is 6.42. The van der Waals surface area contributed by atoms with Crippen molar-refractivity contribution < 1.29 is 28.5 Å². The Hall–Kier alpha value is -3.02. The van der Waals surface area contributed by atoms with Crippen molar-refractivity contribution in [2.24, 2.45) is 17.8 Å². The molecule has 2 aliphatic carbocycles. The Labute approximate surface area is 219 Å². The van der Waals surface area contributed by atoms with Gasteiger partial charge in [-0.3, -0.25) is 0 Å². The van der Waals surface area contributed by atoms with E-state index in [4.69, 9.17) is 18.9 Å². The Morgan fingerprint density at radius 2 is 1.84 bits per heavy atom. The Kier molecular flexibility index (Phi) is 8.32. The lowest BCUT2D eigenvalue weighted by Crippen LogP contribution is -2.33. The van der Waals surface area contributed by atoms with Crippen molar-refractivity contribution >= 4 is 12.1 Å². The van der Waals surface area contributed by atoms with Gasteiger partial charge < -0.3 is 18.9 Å². The van der Waals surface area contributed by atoms with Crippen molar-refractivity contribution in [3.05, 3.63) is 65.2 Å². The average Bonchev–Trinajstić information content (AvgIpc) is 3.22. The Morgan fingerprint density at radius 1 is 0.973 bits per heavy atom. The molecule has 6 nitrogen and oxygen atoms in total. The van der Waals surface area contributed by atoms with Gasteiger partial charge in [-0.25, -0.2) is 9.59 Å². The second-order valence-corrected chi connectivity index (χ2v) is 10.8. The summed E-state index contributed by atoms with van der Waals surface area (Å²) in [5.74, 6) is 1.67. The molecule has 0 N–H and O–H groups in total. The first-order chi connectivity index (χ1) is 18.1. The van der Waals surface area contributed by atoms with Crippen LogP contribution in [0.1, 0.15) is 68.6 Å². The van der Waals surface area contributed by atoms with Crippen LogP contribution in [0.5, 0.6) is 5.75 Å². The normalized spacial score (nSPS) is 26.4. The van der Waals surface area contributed by atoms with Gasteiger partial charge in [0.15, 0.2) is 6.61 Å². The SMILES string of the molecule is CCCCCC1CC[C@@H]2[C@H]3Cc4cccc(OCC(=O)OCc5ccccc5)c4C[C@H]3C[C@H]2OC(=O)O1. The molecule has 0 spiro atoms. The maximum atomic E-state index is 12.5. The summed E-state index contributed by atoms with van der Waals surface area (Å²) in [6, 6.07) is 15.8. The highest BCUT2D eigenvalue weighted by Gasteiger charge is 2.48. The molecule has 0 bridgehead atoms. The summed E-state index contributed by atoms with van der Waals surface area (Å²) in [4.78, 5) is 24.8. The maximum absolute atomic E-state index is 12.5. The van der Waals surface area contributed by atoms with E-state index in [9.17, 15) is 9.59 Å². The number of hydrogen-bond acceptors (Lipinski definition) is 6. The van der Waals surface area contributed by atoms with E-state index in [0.29, 0.717) is 17.8 Å². The predicted molar refractivity (Wildman–Crippen MR) is 139 cm³/mol. The number of carbonyl (C=O) groups excluding carboxylic acids is 2. The van der Waals surface area contributed by atoms with Gasteiger partial charge in [0.05, 0.1) is 0 Å². The molecule has 198 valence electrons. The molecule has 1 heterocycles. The minimum atomic E-state index is -0.495. The van der Waals surface area contributed by atoms with E-state index in [1.54, 1.807) is 0 Å². The molecular formula is C31H38O6. The van der Waals surface area contributed by atoms with Gasteiger partial charge in [0, 0.05) is 0 Å². The zero-order chi connectivity index (χ0) is 25.6. The molecule has 6 heteroatoms. The van der Waals surface area contributed by atoms with Crippen molar-refractivity contribution in [1.29, 1.82) is 0 Å². The summed E-state index contributed by atoms with van der Waals surface area (Å²) in [5, 5.41) is 0. The van der Waals surface area contributed by atoms with Gasteiger partial charge in [0.2, 0.25) is 0 Å². The first kappa shape index (κ1) is 25.6. The Balaban J connectivity index is 1.20. The summed E-state index contributed by atoms with van der Waals surface area (Å²) in [6.07, 6.45) is 8.37. The van der Waals surface area contributed by atoms with E-state index in [1.807, 2.05) is 42.5 Å². The van der Waals surface area contributed by atoms with Crippen molar-refractivity contribution in [1.82, 2.24) is 0 Å². The van der Waals surface area contributed by atoms with Crippen molar-refractivity contribution in [3.63, 3.8) is 0 Å². The lowest BCUT2D eigenvalue weighted by Gasteiger charge is -2.34. The van der Waals surface area contributed by atoms with Crippen molar-refractivity contribution in [2.45, 2.75) is 83.5 Å². The number of ether oxygens (including phenoxy) is 4. The fourth-order valence-electron chi connectivity index (χ4n) is 6.51. The van der Waals surface area contributed by atoms with E-state index >= 15 is 0 Å². The number of cyclic esters (lactones) is 1. The molecule has 1 saturated heterocycles. The molecule has 0 aromatic heterocycles. The monoisotopic (exact) mass is 506 g/mol. The molecule has 3 aliphatic rings. The van der Waals surface area contributed by atoms with Crippen LogP contribution in [-0.4, -0.2) is 30.9 Å². The first-order valence-electron chi connectivity index (χ1n) is 13.9. The Morgan fingerprint density at radius 3 is 2.68 bits per heavy atom. The van der Waals surface area contributed by atoms with Crippen LogP contribution in [0.15, 0.2) is 48.5 Å². The second-order valence-electron chi connectivity index (χ2n) is 10.8. The van der Waals surface area contributed by atoms with E-state index in [0.717, 1.165) is 69.1 Å². The molecule has 37 heavy (non-hydrogen) atoms. The number of hydrogen-bond donors (Lipinski definition) is 0. The molecule has 2 fully saturated rings. The van der Waals surface area contributed by atoms with Gasteiger partial charge in [-0.1, -0.05) is 62.2 Å². The van der Waals surface area contributed by atoms with Crippen molar-refractivity contribution in [2.75, 3.05) is 6.61 Å². The zero-order valence-corrected chi connectivity index (χ0v) is 21.7. The fraction of sp³-hybridized carbons (Fsp3) is 0.548. The summed E-state index contributed by atoms with van der Waals surface area (Å²) < 4.78 is 22.9. The van der Waals surface area contributed by atoms with Gasteiger partial charge in [0.25, 0.3) is 0 Å². The summed E-state index contributed by atoms with van der Waals surface area (Å²) >= 11 is 0. The third-order valence-electron chi connectivity index (χ3n) is 8.37. The smallest absolute Gasteiger partial charge is 0.482 e. The molecule has 0 radical (unpaired) electrons. The molecule has 1 aliphatic heterocycles. The highest BCUT2D eigenvalue weighted by atomic mass is 16.7. The van der Waals surface area contributed by atoms with E-state index < -0.39 is 6.16 Å². The molecule has 5 rings (SSSR count). The fourth-order valence-corrected chi connectivity index (χ4v) is 6.51. The summed E-state index contributed by atoms with van der Waals surface area (Å²) in [6.45, 7) is 2.31. The second kappa shape index (κ2) is 12.0. The van der Waals surface area contributed by atoms with E-state index in [1.165, 1.54) is 11.1 Å².